The van der Waals surface area contributed by atoms with Gasteiger partial charge in [-0.05, 0) is 76.7 Å². The molecular weight excluding hydrogens is 1280 g/mol. The highest BCUT2D eigenvalue weighted by molar-refractivity contribution is 6.39. The van der Waals surface area contributed by atoms with Crippen LogP contribution in [0.1, 0.15) is 258 Å². The minimum atomic E-state index is -0.932. The fourth-order valence-electron chi connectivity index (χ4n) is 16.8. The summed E-state index contributed by atoms with van der Waals surface area (Å²) in [7, 11) is 6.41. The Labute approximate surface area is 601 Å². The molecule has 0 unspecified atom stereocenters. The van der Waals surface area contributed by atoms with E-state index in [9.17, 15) is 62.3 Å². The number of fused-ring (bicyclic) bond motifs is 6. The quantitative estimate of drug-likeness (QED) is 0.124. The van der Waals surface area contributed by atoms with E-state index in [1.807, 2.05) is 39.8 Å². The number of benzene rings is 2. The topological polar surface area (TPSA) is 259 Å². The van der Waals surface area contributed by atoms with Crippen LogP contribution in [0.25, 0.3) is 0 Å². The van der Waals surface area contributed by atoms with E-state index >= 15 is 0 Å². The Morgan fingerprint density at radius 1 is 0.485 bits per heavy atom. The van der Waals surface area contributed by atoms with Crippen molar-refractivity contribution in [3.63, 3.8) is 0 Å². The van der Waals surface area contributed by atoms with Gasteiger partial charge in [0.25, 0.3) is 0 Å². The number of ketones is 7. The summed E-state index contributed by atoms with van der Waals surface area (Å²) in [6.45, 7) is 17.6. The maximum absolute atomic E-state index is 14.4. The molecule has 101 heavy (non-hydrogen) atoms. The van der Waals surface area contributed by atoms with E-state index in [4.69, 9.17) is 0 Å². The second-order valence-electron chi connectivity index (χ2n) is 33.3. The average Bonchev–Trinajstić information content (AvgIpc) is 1.53. The SMILES string of the molecule is CN(C)C(=O)[C@@H](NC(=O)CCC(=O)C(=O)[C@@H]1CCCCCCCCCC[C@H](CC(=O)CC(C)(C)C)C(=O)N2C[C@H]3[C@@H]([C@H]2C(=O)C1)C3(C)C)c1ccccc1.C[C@H]1CCCCCCCCCC[C@@H](C(=O)C(=O)CCC(=O)N[C@H](C(=O)N(C)C)c2ccccc2)CC(=O)[C@@H]2[C@@H]3[C@H](CN2C1=O)C3(C)C. The molecule has 19 heteroatoms. The van der Waals surface area contributed by atoms with Crippen LogP contribution in [0, 0.1) is 63.6 Å². The van der Waals surface area contributed by atoms with Crippen molar-refractivity contribution in [2.45, 2.75) is 259 Å². The largest absolute Gasteiger partial charge is 0.347 e. The molecule has 4 aliphatic heterocycles. The summed E-state index contributed by atoms with van der Waals surface area (Å²) in [5.74, 6) is -6.38. The van der Waals surface area contributed by atoms with Crippen LogP contribution in [0.3, 0.4) is 0 Å². The Hall–Kier alpha value is -7.05. The van der Waals surface area contributed by atoms with Gasteiger partial charge in [0.2, 0.25) is 47.0 Å². The molecule has 2 N–H and O–H groups in total. The lowest BCUT2D eigenvalue weighted by atomic mass is 9.84. The summed E-state index contributed by atoms with van der Waals surface area (Å²) < 4.78 is 0. The third-order valence-corrected chi connectivity index (χ3v) is 23.0. The molecule has 12 atom stereocenters. The lowest BCUT2D eigenvalue weighted by Crippen LogP contribution is -2.48. The Kier molecular flexibility index (Phi) is 29.7. The van der Waals surface area contributed by atoms with Crippen molar-refractivity contribution < 1.29 is 62.3 Å². The molecule has 6 aliphatic rings. The third-order valence-electron chi connectivity index (χ3n) is 23.0. The number of carbonyl (C=O) groups is 13. The molecule has 0 radical (unpaired) electrons. The molecule has 0 spiro atoms. The summed E-state index contributed by atoms with van der Waals surface area (Å²) in [5.41, 5.74) is 0.884. The number of piperidine rings is 2. The van der Waals surface area contributed by atoms with E-state index in [1.165, 1.54) is 9.80 Å². The van der Waals surface area contributed by atoms with Crippen LogP contribution in [0.4, 0.5) is 0 Å². The maximum atomic E-state index is 14.4. The zero-order valence-corrected chi connectivity index (χ0v) is 63.0. The summed E-state index contributed by atoms with van der Waals surface area (Å²) in [6, 6.07) is 14.6. The van der Waals surface area contributed by atoms with Gasteiger partial charge in [-0.3, -0.25) is 62.3 Å². The van der Waals surface area contributed by atoms with E-state index in [-0.39, 0.29) is 132 Å². The Morgan fingerprint density at radius 3 is 1.20 bits per heavy atom. The van der Waals surface area contributed by atoms with Gasteiger partial charge < -0.3 is 30.2 Å². The van der Waals surface area contributed by atoms with Gasteiger partial charge >= 0.3 is 0 Å². The first kappa shape index (κ1) is 81.3. The maximum Gasteiger partial charge on any atom is 0.249 e. The lowest BCUT2D eigenvalue weighted by Gasteiger charge is -2.33. The second kappa shape index (κ2) is 36.9. The lowest BCUT2D eigenvalue weighted by molar-refractivity contribution is -0.145. The van der Waals surface area contributed by atoms with E-state index in [0.717, 1.165) is 103 Å². The van der Waals surface area contributed by atoms with Crippen molar-refractivity contribution in [1.82, 2.24) is 30.2 Å². The Morgan fingerprint density at radius 2 is 0.832 bits per heavy atom. The highest BCUT2D eigenvalue weighted by Crippen LogP contribution is 2.66. The second-order valence-corrected chi connectivity index (χ2v) is 33.3. The molecule has 0 bridgehead atoms. The van der Waals surface area contributed by atoms with E-state index in [0.29, 0.717) is 56.3 Å². The van der Waals surface area contributed by atoms with E-state index in [2.05, 4.69) is 38.3 Å². The fourth-order valence-corrected chi connectivity index (χ4v) is 16.8. The predicted octanol–water partition coefficient (Wildman–Crippen LogP) is 12.3. The molecule has 4 heterocycles. The van der Waals surface area contributed by atoms with Gasteiger partial charge in [-0.1, -0.05) is 219 Å². The number of hydrogen-bond acceptors (Lipinski definition) is 13. The highest BCUT2D eigenvalue weighted by atomic mass is 16.2. The Balaban J connectivity index is 0.000000286. The van der Waals surface area contributed by atoms with Crippen molar-refractivity contribution in [3.8, 4) is 0 Å². The summed E-state index contributed by atoms with van der Waals surface area (Å²) in [5, 5.41) is 5.46. The first-order valence-electron chi connectivity index (χ1n) is 38.2. The highest BCUT2D eigenvalue weighted by Gasteiger charge is 2.70. The monoisotopic (exact) mass is 1400 g/mol. The smallest absolute Gasteiger partial charge is 0.249 e. The van der Waals surface area contributed by atoms with Crippen LogP contribution in [-0.2, 0) is 62.3 Å². The van der Waals surface area contributed by atoms with Crippen molar-refractivity contribution in [1.29, 1.82) is 0 Å². The van der Waals surface area contributed by atoms with Crippen molar-refractivity contribution in [2.75, 3.05) is 41.3 Å². The first-order chi connectivity index (χ1) is 47.8. The average molecular weight is 1400 g/mol. The molecular formula is C82H120N6O13. The molecule has 2 aromatic carbocycles. The summed E-state index contributed by atoms with van der Waals surface area (Å²) >= 11 is 0. The molecule has 2 aromatic rings. The zero-order chi connectivity index (χ0) is 74.1. The third kappa shape index (κ3) is 22.2. The number of nitrogens with zero attached hydrogens (tertiary/aromatic N) is 4. The van der Waals surface area contributed by atoms with Crippen LogP contribution in [0.5, 0.6) is 0 Å². The van der Waals surface area contributed by atoms with Crippen LogP contribution < -0.4 is 10.6 Å². The van der Waals surface area contributed by atoms with Crippen LogP contribution in [0.2, 0.25) is 0 Å². The number of Topliss-reactive ketones (excluding diaryl/α,β-unsaturated/α-hetero) is 7. The molecule has 19 nitrogen and oxygen atoms in total. The van der Waals surface area contributed by atoms with Gasteiger partial charge in [0.1, 0.15) is 17.9 Å². The predicted molar refractivity (Wildman–Crippen MR) is 388 cm³/mol. The minimum absolute atomic E-state index is 0.0282. The number of likely N-dealkylation sites (N-methyl/N-ethyl adjacent to an activating group) is 2. The normalized spacial score (nSPS) is 26.6. The zero-order valence-electron chi connectivity index (χ0n) is 63.0. The van der Waals surface area contributed by atoms with Crippen molar-refractivity contribution in [3.05, 3.63) is 71.8 Å². The molecule has 4 saturated heterocycles. The van der Waals surface area contributed by atoms with Gasteiger partial charge in [0, 0.05) is 116 Å². The van der Waals surface area contributed by atoms with Gasteiger partial charge in [0.05, 0.1) is 12.1 Å². The first-order valence-corrected chi connectivity index (χ1v) is 38.2. The van der Waals surface area contributed by atoms with E-state index in [1.54, 1.807) is 86.5 Å². The van der Waals surface area contributed by atoms with E-state index < -0.39 is 76.9 Å². The number of rotatable bonds is 19. The molecule has 6 fully saturated rings. The minimum Gasteiger partial charge on any atom is -0.347 e. The summed E-state index contributed by atoms with van der Waals surface area (Å²) in [4.78, 5) is 182. The van der Waals surface area contributed by atoms with Gasteiger partial charge in [-0.2, -0.15) is 0 Å². The van der Waals surface area contributed by atoms with Crippen molar-refractivity contribution in [2.24, 2.45) is 63.6 Å². The molecule has 2 saturated carbocycles. The number of hydrogen-bond donors (Lipinski definition) is 2. The van der Waals surface area contributed by atoms with Crippen LogP contribution in [-0.4, -0.2) is 149 Å². The molecule has 6 amide bonds. The molecule has 556 valence electrons. The number of carbonyl (C=O) groups excluding carboxylic acids is 13. The molecule has 0 aromatic heterocycles. The Bertz CT molecular complexity index is 3260. The molecule has 2 aliphatic carbocycles. The molecule has 8 rings (SSSR count). The fraction of sp³-hybridized carbons (Fsp3) is 0.695. The van der Waals surface area contributed by atoms with Crippen LogP contribution in [0.15, 0.2) is 60.7 Å². The van der Waals surface area contributed by atoms with Gasteiger partial charge in [-0.15, -0.1) is 0 Å². The van der Waals surface area contributed by atoms with Gasteiger partial charge in [-0.25, -0.2) is 0 Å². The summed E-state index contributed by atoms with van der Waals surface area (Å²) in [6.07, 6.45) is 17.3. The van der Waals surface area contributed by atoms with Crippen LogP contribution >= 0.6 is 0 Å². The number of nitrogens with one attached hydrogen (secondary N) is 2. The van der Waals surface area contributed by atoms with Crippen molar-refractivity contribution >= 4 is 75.9 Å². The standard InChI is InChI=1S/C44H65N3O7.C38H55N3O6/c1-43(2,3)27-32(48)25-31-22-16-13-11-9-8-10-12-15-21-30(26-35(50)39-37-33(44(37,4)5)28-47(39)41(31)53)40(52)34(49)23-24-36(51)45-38(42(54)46(6)7)29-19-17-14-18-20-29;1-25-17-13-10-8-6-7-9-11-14-20-27(23-30(43)34-32-28(38(32,2)3)24-41(34)36(25)46)35(45)29(42)21-22-31(44)39-33(37(47)40(4)5)26-18-15-12-16-19-26/h14,17-20,30-31,33,37-39H,8-13,15-16,21-28H2,1-7H3,(H,45,51);12,15-16,18-19,25,27-28,32-34H,6-11,13-14,17,20-24H2,1-5H3,(H,39,44)/t30-,31-,33+,37+,38+,39-;25-,27+,28-,32-,33-,34+/m10/s1. The number of amides is 6. The van der Waals surface area contributed by atoms with Gasteiger partial charge in [0.15, 0.2) is 23.1 Å².